The summed E-state index contributed by atoms with van der Waals surface area (Å²) in [5.74, 6) is -0.155. The van der Waals surface area contributed by atoms with Crippen LogP contribution >= 0.6 is 23.2 Å². The first-order chi connectivity index (χ1) is 11.0. The molecule has 1 heterocycles. The minimum absolute atomic E-state index is 0.155. The molecule has 2 rings (SSSR count). The predicted octanol–water partition coefficient (Wildman–Crippen LogP) is 3.98. The van der Waals surface area contributed by atoms with E-state index in [1.807, 2.05) is 18.2 Å². The first-order valence-electron chi connectivity index (χ1n) is 7.56. The van der Waals surface area contributed by atoms with E-state index < -0.39 is 0 Å². The molecule has 6 heteroatoms. The van der Waals surface area contributed by atoms with Crippen molar-refractivity contribution in [3.63, 3.8) is 0 Å². The summed E-state index contributed by atoms with van der Waals surface area (Å²) in [7, 11) is 3.79. The third-order valence-corrected chi connectivity index (χ3v) is 4.59. The van der Waals surface area contributed by atoms with Gasteiger partial charge in [-0.15, -0.1) is 0 Å². The van der Waals surface area contributed by atoms with E-state index >= 15 is 0 Å². The van der Waals surface area contributed by atoms with Crippen LogP contribution in [0, 0.1) is 0 Å². The number of benzene rings is 1. The van der Waals surface area contributed by atoms with E-state index in [0.717, 1.165) is 19.4 Å². The molecule has 124 valence electrons. The highest BCUT2D eigenvalue weighted by Gasteiger charge is 2.15. The minimum Gasteiger partial charge on any atom is -0.375 e. The number of carbonyl (C=O) groups excluding carboxylic acids is 1. The Bertz CT molecular complexity index is 655. The second-order valence-electron chi connectivity index (χ2n) is 5.45. The Kier molecular flexibility index (Phi) is 6.37. The van der Waals surface area contributed by atoms with Crippen molar-refractivity contribution in [2.75, 3.05) is 25.0 Å². The average molecular weight is 354 g/mol. The molecule has 4 nitrogen and oxygen atoms in total. The number of hydrogen-bond acceptors (Lipinski definition) is 2. The zero-order chi connectivity index (χ0) is 16.8. The summed E-state index contributed by atoms with van der Waals surface area (Å²) < 4.78 is 1.59. The maximum absolute atomic E-state index is 12.1. The molecule has 0 saturated heterocycles. The van der Waals surface area contributed by atoms with E-state index in [1.165, 1.54) is 5.69 Å². The van der Waals surface area contributed by atoms with Crippen molar-refractivity contribution >= 4 is 34.8 Å². The Hall–Kier alpha value is -1.65. The molecule has 0 radical (unpaired) electrons. The molecule has 0 aliphatic carbocycles. The molecule has 0 aliphatic rings. The van der Waals surface area contributed by atoms with E-state index in [1.54, 1.807) is 17.7 Å². The Morgan fingerprint density at radius 1 is 1.22 bits per heavy atom. The molecular weight excluding hydrogens is 333 g/mol. The molecule has 0 atom stereocenters. The van der Waals surface area contributed by atoms with E-state index in [4.69, 9.17) is 23.2 Å². The first-order valence-corrected chi connectivity index (χ1v) is 8.31. The van der Waals surface area contributed by atoms with E-state index in [0.29, 0.717) is 22.4 Å². The van der Waals surface area contributed by atoms with Crippen molar-refractivity contribution < 1.29 is 4.79 Å². The highest BCUT2D eigenvalue weighted by atomic mass is 35.5. The van der Waals surface area contributed by atoms with E-state index in [-0.39, 0.29) is 5.91 Å². The van der Waals surface area contributed by atoms with Crippen LogP contribution in [-0.4, -0.2) is 30.6 Å². The second-order valence-corrected chi connectivity index (χ2v) is 6.21. The van der Waals surface area contributed by atoms with Crippen LogP contribution in [0.5, 0.6) is 0 Å². The van der Waals surface area contributed by atoms with Gasteiger partial charge in [-0.25, -0.2) is 0 Å². The van der Waals surface area contributed by atoms with Gasteiger partial charge in [0.15, 0.2) is 0 Å². The van der Waals surface area contributed by atoms with Gasteiger partial charge >= 0.3 is 0 Å². The third kappa shape index (κ3) is 4.66. The Morgan fingerprint density at radius 3 is 2.52 bits per heavy atom. The number of para-hydroxylation sites is 1. The fraction of sp³-hybridized carbons (Fsp3) is 0.353. The fourth-order valence-electron chi connectivity index (χ4n) is 2.34. The molecule has 0 bridgehead atoms. The summed E-state index contributed by atoms with van der Waals surface area (Å²) in [5.41, 5.74) is 1.67. The third-order valence-electron chi connectivity index (χ3n) is 3.75. The maximum Gasteiger partial charge on any atom is 0.267 e. The number of halogens is 2. The lowest BCUT2D eigenvalue weighted by molar-refractivity contribution is 0.0945. The number of amides is 1. The average Bonchev–Trinajstić information content (AvgIpc) is 2.82. The molecule has 0 aliphatic heterocycles. The quantitative estimate of drug-likeness (QED) is 0.764. The van der Waals surface area contributed by atoms with Gasteiger partial charge in [0.1, 0.15) is 10.8 Å². The number of hydrogen-bond donors (Lipinski definition) is 1. The molecule has 1 amide bonds. The zero-order valence-electron chi connectivity index (χ0n) is 13.4. The fourth-order valence-corrected chi connectivity index (χ4v) is 2.71. The Balaban J connectivity index is 1.71. The summed E-state index contributed by atoms with van der Waals surface area (Å²) in [6.07, 6.45) is 1.91. The SMILES string of the molecule is CN(CCCCNC(=O)c1cc(Cl)c(Cl)n1C)c1ccccc1. The monoisotopic (exact) mass is 353 g/mol. The summed E-state index contributed by atoms with van der Waals surface area (Å²) >= 11 is 11.9. The first kappa shape index (κ1) is 17.7. The number of unbranched alkanes of at least 4 members (excludes halogenated alkanes) is 1. The van der Waals surface area contributed by atoms with Crippen LogP contribution in [0.2, 0.25) is 10.2 Å². The number of anilines is 1. The molecular formula is C17H21Cl2N3O. The van der Waals surface area contributed by atoms with Gasteiger partial charge in [0.2, 0.25) is 0 Å². The Labute approximate surface area is 147 Å². The minimum atomic E-state index is -0.155. The standard InChI is InChI=1S/C17H21Cl2N3O/c1-21(13-8-4-3-5-9-13)11-7-6-10-20-17(23)15-12-14(18)16(19)22(15)2/h3-5,8-9,12H,6-7,10-11H2,1-2H3,(H,20,23). The molecule has 1 aromatic heterocycles. The summed E-state index contributed by atoms with van der Waals surface area (Å²) in [4.78, 5) is 14.3. The van der Waals surface area contributed by atoms with Crippen LogP contribution < -0.4 is 10.2 Å². The van der Waals surface area contributed by atoms with Gasteiger partial charge in [0.25, 0.3) is 5.91 Å². The maximum atomic E-state index is 12.1. The zero-order valence-corrected chi connectivity index (χ0v) is 14.9. The Morgan fingerprint density at radius 2 is 1.91 bits per heavy atom. The lowest BCUT2D eigenvalue weighted by Crippen LogP contribution is -2.27. The summed E-state index contributed by atoms with van der Waals surface area (Å²) in [5, 5.41) is 3.67. The van der Waals surface area contributed by atoms with Gasteiger partial charge in [-0.2, -0.15) is 0 Å². The molecule has 1 aromatic carbocycles. The summed E-state index contributed by atoms with van der Waals surface area (Å²) in [6, 6.07) is 11.8. The van der Waals surface area contributed by atoms with Gasteiger partial charge in [0.05, 0.1) is 5.02 Å². The molecule has 0 saturated carbocycles. The van der Waals surface area contributed by atoms with Crippen molar-refractivity contribution in [3.05, 3.63) is 52.3 Å². The number of carbonyl (C=O) groups is 1. The van der Waals surface area contributed by atoms with Crippen LogP contribution in [0.15, 0.2) is 36.4 Å². The van der Waals surface area contributed by atoms with Crippen LogP contribution in [-0.2, 0) is 7.05 Å². The van der Waals surface area contributed by atoms with Crippen molar-refractivity contribution in [1.29, 1.82) is 0 Å². The van der Waals surface area contributed by atoms with Gasteiger partial charge in [-0.3, -0.25) is 4.79 Å². The van der Waals surface area contributed by atoms with Gasteiger partial charge < -0.3 is 14.8 Å². The topological polar surface area (TPSA) is 37.3 Å². The largest absolute Gasteiger partial charge is 0.375 e. The molecule has 0 unspecified atom stereocenters. The lowest BCUT2D eigenvalue weighted by atomic mass is 10.2. The molecule has 2 aromatic rings. The van der Waals surface area contributed by atoms with Crippen LogP contribution in [0.4, 0.5) is 5.69 Å². The van der Waals surface area contributed by atoms with Crippen LogP contribution in [0.1, 0.15) is 23.3 Å². The lowest BCUT2D eigenvalue weighted by Gasteiger charge is -2.19. The normalized spacial score (nSPS) is 10.6. The highest BCUT2D eigenvalue weighted by Crippen LogP contribution is 2.24. The van der Waals surface area contributed by atoms with Gasteiger partial charge in [-0.1, -0.05) is 41.4 Å². The smallest absolute Gasteiger partial charge is 0.267 e. The highest BCUT2D eigenvalue weighted by molar-refractivity contribution is 6.41. The van der Waals surface area contributed by atoms with Crippen LogP contribution in [0.25, 0.3) is 0 Å². The van der Waals surface area contributed by atoms with Gasteiger partial charge in [-0.05, 0) is 31.0 Å². The second kappa shape index (κ2) is 8.27. The van der Waals surface area contributed by atoms with E-state index in [9.17, 15) is 4.79 Å². The number of nitrogens with zero attached hydrogens (tertiary/aromatic N) is 2. The van der Waals surface area contributed by atoms with Crippen molar-refractivity contribution in [2.45, 2.75) is 12.8 Å². The van der Waals surface area contributed by atoms with Gasteiger partial charge in [0, 0.05) is 32.9 Å². The molecule has 0 spiro atoms. The summed E-state index contributed by atoms with van der Waals surface area (Å²) in [6.45, 7) is 1.57. The number of aromatic nitrogens is 1. The predicted molar refractivity (Wildman–Crippen MR) is 96.7 cm³/mol. The van der Waals surface area contributed by atoms with Crippen molar-refractivity contribution in [1.82, 2.24) is 9.88 Å². The number of nitrogens with one attached hydrogen (secondary N) is 1. The molecule has 0 fully saturated rings. The molecule has 23 heavy (non-hydrogen) atoms. The molecule has 1 N–H and O–H groups in total. The van der Waals surface area contributed by atoms with Crippen molar-refractivity contribution in [2.24, 2.45) is 7.05 Å². The van der Waals surface area contributed by atoms with Crippen molar-refractivity contribution in [3.8, 4) is 0 Å². The van der Waals surface area contributed by atoms with Crippen LogP contribution in [0.3, 0.4) is 0 Å². The number of rotatable bonds is 7. The van der Waals surface area contributed by atoms with E-state index in [2.05, 4.69) is 29.4 Å².